The van der Waals surface area contributed by atoms with E-state index >= 15 is 0 Å². The molecule has 19 heavy (non-hydrogen) atoms. The van der Waals surface area contributed by atoms with Gasteiger partial charge in [-0.15, -0.1) is 0 Å². The van der Waals surface area contributed by atoms with E-state index in [4.69, 9.17) is 0 Å². The molecule has 0 amide bonds. The third-order valence-electron chi connectivity index (χ3n) is 4.03. The quantitative estimate of drug-likeness (QED) is 0.905. The largest absolute Gasteiger partial charge is 0.480 e. The highest BCUT2D eigenvalue weighted by molar-refractivity contribution is 5.73. The predicted molar refractivity (Wildman–Crippen MR) is 76.3 cm³/mol. The number of likely N-dealkylation sites (tertiary alicyclic amines) is 1. The molecule has 2 unspecified atom stereocenters. The lowest BCUT2D eigenvalue weighted by Gasteiger charge is -2.29. The molecule has 1 aliphatic heterocycles. The first-order valence-electron chi connectivity index (χ1n) is 7.20. The Morgan fingerprint density at radius 2 is 2.05 bits per heavy atom. The third kappa shape index (κ3) is 3.80. The fourth-order valence-corrected chi connectivity index (χ4v) is 2.90. The van der Waals surface area contributed by atoms with Gasteiger partial charge in [0.25, 0.3) is 0 Å². The number of carboxylic acid groups (broad SMARTS) is 1. The van der Waals surface area contributed by atoms with Gasteiger partial charge in [-0.05, 0) is 30.9 Å². The Morgan fingerprint density at radius 3 is 2.74 bits per heavy atom. The summed E-state index contributed by atoms with van der Waals surface area (Å²) in [6.07, 6.45) is 4.09. The van der Waals surface area contributed by atoms with Gasteiger partial charge in [-0.2, -0.15) is 0 Å². The number of rotatable bonds is 4. The predicted octanol–water partition coefficient (Wildman–Crippen LogP) is 3.12. The molecule has 1 fully saturated rings. The van der Waals surface area contributed by atoms with Gasteiger partial charge in [0, 0.05) is 6.54 Å². The summed E-state index contributed by atoms with van der Waals surface area (Å²) in [6, 6.07) is 10.1. The molecular formula is C16H23NO2. The van der Waals surface area contributed by atoms with Crippen molar-refractivity contribution in [1.29, 1.82) is 0 Å². The van der Waals surface area contributed by atoms with Gasteiger partial charge < -0.3 is 5.11 Å². The zero-order valence-corrected chi connectivity index (χ0v) is 11.6. The number of hydrogen-bond donors (Lipinski definition) is 1. The van der Waals surface area contributed by atoms with Crippen LogP contribution in [0.4, 0.5) is 0 Å². The lowest BCUT2D eigenvalue weighted by molar-refractivity contribution is -0.143. The first-order valence-corrected chi connectivity index (χ1v) is 7.20. The zero-order chi connectivity index (χ0) is 13.7. The van der Waals surface area contributed by atoms with Crippen molar-refractivity contribution < 1.29 is 9.90 Å². The summed E-state index contributed by atoms with van der Waals surface area (Å²) in [7, 11) is 0. The molecule has 2 rings (SSSR count). The van der Waals surface area contributed by atoms with E-state index in [1.807, 2.05) is 18.2 Å². The smallest absolute Gasteiger partial charge is 0.320 e. The van der Waals surface area contributed by atoms with Crippen LogP contribution in [0, 0.1) is 0 Å². The van der Waals surface area contributed by atoms with Crippen LogP contribution in [-0.4, -0.2) is 35.1 Å². The summed E-state index contributed by atoms with van der Waals surface area (Å²) in [5, 5.41) is 9.38. The highest BCUT2D eigenvalue weighted by Crippen LogP contribution is 2.22. The molecule has 0 saturated carbocycles. The van der Waals surface area contributed by atoms with Crippen molar-refractivity contribution in [2.45, 2.75) is 44.6 Å². The number of carboxylic acids is 1. The van der Waals surface area contributed by atoms with Crippen LogP contribution in [0.15, 0.2) is 30.3 Å². The minimum atomic E-state index is -0.665. The van der Waals surface area contributed by atoms with Crippen LogP contribution in [0.2, 0.25) is 0 Å². The molecule has 0 aliphatic carbocycles. The highest BCUT2D eigenvalue weighted by Gasteiger charge is 2.28. The number of carbonyl (C=O) groups is 1. The van der Waals surface area contributed by atoms with Gasteiger partial charge in [0.2, 0.25) is 0 Å². The Labute approximate surface area is 115 Å². The molecule has 2 atom stereocenters. The Bertz CT molecular complexity index is 404. The van der Waals surface area contributed by atoms with Gasteiger partial charge in [0.05, 0.1) is 0 Å². The van der Waals surface area contributed by atoms with Crippen molar-refractivity contribution >= 4 is 5.97 Å². The van der Waals surface area contributed by atoms with Gasteiger partial charge >= 0.3 is 5.97 Å². The van der Waals surface area contributed by atoms with Crippen LogP contribution in [-0.2, 0) is 4.79 Å². The second-order valence-corrected chi connectivity index (χ2v) is 5.51. The van der Waals surface area contributed by atoms with Gasteiger partial charge in [-0.1, -0.05) is 50.1 Å². The van der Waals surface area contributed by atoms with E-state index < -0.39 is 5.97 Å². The van der Waals surface area contributed by atoms with Crippen molar-refractivity contribution in [3.63, 3.8) is 0 Å². The van der Waals surface area contributed by atoms with Crippen molar-refractivity contribution in [3.8, 4) is 0 Å². The molecular weight excluding hydrogens is 238 g/mol. The Kier molecular flexibility index (Phi) is 4.97. The van der Waals surface area contributed by atoms with Crippen LogP contribution in [0.25, 0.3) is 0 Å². The topological polar surface area (TPSA) is 40.5 Å². The van der Waals surface area contributed by atoms with E-state index in [2.05, 4.69) is 24.0 Å². The molecule has 104 valence electrons. The average molecular weight is 261 g/mol. The summed E-state index contributed by atoms with van der Waals surface area (Å²) in [5.41, 5.74) is 1.29. The molecule has 1 heterocycles. The maximum atomic E-state index is 11.4. The molecule has 3 heteroatoms. The van der Waals surface area contributed by atoms with Crippen molar-refractivity contribution in [3.05, 3.63) is 35.9 Å². The second-order valence-electron chi connectivity index (χ2n) is 5.51. The lowest BCUT2D eigenvalue weighted by atomic mass is 9.99. The minimum Gasteiger partial charge on any atom is -0.480 e. The van der Waals surface area contributed by atoms with Crippen LogP contribution >= 0.6 is 0 Å². The van der Waals surface area contributed by atoms with Crippen LogP contribution in [0.1, 0.15) is 44.1 Å². The molecule has 0 radical (unpaired) electrons. The molecule has 1 aromatic rings. The minimum absolute atomic E-state index is 0.298. The van der Waals surface area contributed by atoms with Crippen LogP contribution in [0.5, 0.6) is 0 Å². The van der Waals surface area contributed by atoms with Crippen molar-refractivity contribution in [2.75, 3.05) is 13.1 Å². The highest BCUT2D eigenvalue weighted by atomic mass is 16.4. The summed E-state index contributed by atoms with van der Waals surface area (Å²) >= 11 is 0. The average Bonchev–Trinajstić information content (AvgIpc) is 2.65. The molecule has 1 saturated heterocycles. The summed E-state index contributed by atoms with van der Waals surface area (Å²) in [5.74, 6) is -0.289. The van der Waals surface area contributed by atoms with Crippen molar-refractivity contribution in [2.24, 2.45) is 0 Å². The Balaban J connectivity index is 2.04. The first kappa shape index (κ1) is 14.1. The van der Waals surface area contributed by atoms with E-state index in [1.54, 1.807) is 0 Å². The maximum Gasteiger partial charge on any atom is 0.320 e. The van der Waals surface area contributed by atoms with E-state index in [0.29, 0.717) is 5.92 Å². The molecule has 0 bridgehead atoms. The monoisotopic (exact) mass is 261 g/mol. The Hall–Kier alpha value is -1.35. The second kappa shape index (κ2) is 6.71. The number of hydrogen-bond acceptors (Lipinski definition) is 2. The van der Waals surface area contributed by atoms with Crippen LogP contribution < -0.4 is 0 Å². The summed E-state index contributed by atoms with van der Waals surface area (Å²) in [6.45, 7) is 3.92. The van der Waals surface area contributed by atoms with Crippen LogP contribution in [0.3, 0.4) is 0 Å². The number of aliphatic carboxylic acids is 1. The number of nitrogens with zero attached hydrogens (tertiary/aromatic N) is 1. The third-order valence-corrected chi connectivity index (χ3v) is 4.03. The normalized spacial score (nSPS) is 22.7. The van der Waals surface area contributed by atoms with E-state index in [-0.39, 0.29) is 6.04 Å². The first-order chi connectivity index (χ1) is 9.18. The van der Waals surface area contributed by atoms with Gasteiger partial charge in [-0.3, -0.25) is 9.69 Å². The molecule has 1 N–H and O–H groups in total. The Morgan fingerprint density at radius 1 is 1.32 bits per heavy atom. The summed E-state index contributed by atoms with van der Waals surface area (Å²) < 4.78 is 0. The van der Waals surface area contributed by atoms with E-state index in [0.717, 1.165) is 38.8 Å². The molecule has 3 nitrogen and oxygen atoms in total. The molecule has 0 spiro atoms. The standard InChI is InChI=1S/C16H23NO2/c1-13(14-8-4-2-5-9-14)12-17-11-7-3-6-10-15(17)16(18)19/h2,4-5,8-9,13,15H,3,6-7,10-12H2,1H3,(H,18,19). The van der Waals surface area contributed by atoms with E-state index in [9.17, 15) is 9.90 Å². The van der Waals surface area contributed by atoms with Crippen molar-refractivity contribution in [1.82, 2.24) is 4.90 Å². The SMILES string of the molecule is CC(CN1CCCCCC1C(=O)O)c1ccccc1. The van der Waals surface area contributed by atoms with Gasteiger partial charge in [0.1, 0.15) is 6.04 Å². The molecule has 1 aliphatic rings. The molecule has 1 aromatic carbocycles. The lowest BCUT2D eigenvalue weighted by Crippen LogP contribution is -2.42. The molecule has 0 aromatic heterocycles. The fraction of sp³-hybridized carbons (Fsp3) is 0.562. The van der Waals surface area contributed by atoms with Gasteiger partial charge in [-0.25, -0.2) is 0 Å². The fourth-order valence-electron chi connectivity index (χ4n) is 2.90. The van der Waals surface area contributed by atoms with E-state index in [1.165, 1.54) is 5.56 Å². The maximum absolute atomic E-state index is 11.4. The summed E-state index contributed by atoms with van der Waals surface area (Å²) in [4.78, 5) is 13.6. The zero-order valence-electron chi connectivity index (χ0n) is 11.6. The van der Waals surface area contributed by atoms with Gasteiger partial charge in [0.15, 0.2) is 0 Å². The number of benzene rings is 1.